The van der Waals surface area contributed by atoms with E-state index in [0.29, 0.717) is 6.54 Å². The molecule has 0 saturated carbocycles. The highest BCUT2D eigenvalue weighted by Gasteiger charge is 2.24. The Morgan fingerprint density at radius 2 is 1.94 bits per heavy atom. The fourth-order valence-electron chi connectivity index (χ4n) is 2.32. The number of hydrogen-bond acceptors (Lipinski definition) is 1. The SMILES string of the molecule is CCc1ccc(CC2CCNCC2F)cc1. The van der Waals surface area contributed by atoms with Crippen molar-refractivity contribution in [1.82, 2.24) is 5.32 Å². The van der Waals surface area contributed by atoms with E-state index in [0.717, 1.165) is 25.8 Å². The van der Waals surface area contributed by atoms with Gasteiger partial charge >= 0.3 is 0 Å². The topological polar surface area (TPSA) is 12.0 Å². The third-order valence-corrected chi connectivity index (χ3v) is 3.47. The molecular weight excluding hydrogens is 201 g/mol. The van der Waals surface area contributed by atoms with Crippen molar-refractivity contribution in [2.45, 2.75) is 32.4 Å². The summed E-state index contributed by atoms with van der Waals surface area (Å²) in [6, 6.07) is 8.61. The molecule has 88 valence electrons. The van der Waals surface area contributed by atoms with Crippen molar-refractivity contribution < 1.29 is 4.39 Å². The molecule has 2 unspecified atom stereocenters. The molecule has 16 heavy (non-hydrogen) atoms. The molecule has 0 amide bonds. The van der Waals surface area contributed by atoms with E-state index < -0.39 is 6.17 Å². The van der Waals surface area contributed by atoms with Gasteiger partial charge in [0, 0.05) is 6.54 Å². The van der Waals surface area contributed by atoms with E-state index in [2.05, 4.69) is 36.5 Å². The summed E-state index contributed by atoms with van der Waals surface area (Å²) in [6.45, 7) is 3.63. The van der Waals surface area contributed by atoms with E-state index in [-0.39, 0.29) is 5.92 Å². The maximum absolute atomic E-state index is 13.6. The first kappa shape index (κ1) is 11.6. The Kier molecular flexibility index (Phi) is 3.94. The minimum absolute atomic E-state index is 0.203. The first-order valence-corrected chi connectivity index (χ1v) is 6.22. The Hall–Kier alpha value is -0.890. The van der Waals surface area contributed by atoms with Crippen LogP contribution in [0.5, 0.6) is 0 Å². The monoisotopic (exact) mass is 221 g/mol. The molecule has 1 fully saturated rings. The number of benzene rings is 1. The average Bonchev–Trinajstić information content (AvgIpc) is 2.33. The molecule has 1 aromatic carbocycles. The van der Waals surface area contributed by atoms with Gasteiger partial charge in [-0.05, 0) is 42.9 Å². The normalized spacial score (nSPS) is 25.6. The van der Waals surface area contributed by atoms with E-state index in [1.165, 1.54) is 11.1 Å². The molecule has 2 atom stereocenters. The van der Waals surface area contributed by atoms with Crippen molar-refractivity contribution in [2.75, 3.05) is 13.1 Å². The van der Waals surface area contributed by atoms with Crippen LogP contribution in [0.15, 0.2) is 24.3 Å². The third kappa shape index (κ3) is 2.82. The molecule has 2 rings (SSSR count). The lowest BCUT2D eigenvalue weighted by Crippen LogP contribution is -2.38. The molecule has 1 N–H and O–H groups in total. The van der Waals surface area contributed by atoms with E-state index in [4.69, 9.17) is 0 Å². The van der Waals surface area contributed by atoms with Crippen LogP contribution in [0.4, 0.5) is 4.39 Å². The Morgan fingerprint density at radius 1 is 1.25 bits per heavy atom. The summed E-state index contributed by atoms with van der Waals surface area (Å²) >= 11 is 0. The zero-order valence-electron chi connectivity index (χ0n) is 9.88. The maximum Gasteiger partial charge on any atom is 0.116 e. The Labute approximate surface area is 97.1 Å². The van der Waals surface area contributed by atoms with Crippen LogP contribution in [0.25, 0.3) is 0 Å². The van der Waals surface area contributed by atoms with Gasteiger partial charge in [0.2, 0.25) is 0 Å². The summed E-state index contributed by atoms with van der Waals surface area (Å²) in [6.07, 6.45) is 2.22. The van der Waals surface area contributed by atoms with Crippen LogP contribution in [-0.2, 0) is 12.8 Å². The first-order valence-electron chi connectivity index (χ1n) is 6.22. The van der Waals surface area contributed by atoms with Gasteiger partial charge < -0.3 is 5.32 Å². The molecule has 1 saturated heterocycles. The molecular formula is C14H20FN. The predicted molar refractivity (Wildman–Crippen MR) is 65.4 cm³/mol. The van der Waals surface area contributed by atoms with Gasteiger partial charge in [0.05, 0.1) is 0 Å². The minimum Gasteiger partial charge on any atom is -0.314 e. The molecule has 0 radical (unpaired) electrons. The molecule has 2 heteroatoms. The Bertz CT molecular complexity index is 320. The van der Waals surface area contributed by atoms with Crippen molar-refractivity contribution in [3.63, 3.8) is 0 Å². The molecule has 1 aliphatic rings. The largest absolute Gasteiger partial charge is 0.314 e. The predicted octanol–water partition coefficient (Wildman–Crippen LogP) is 2.74. The van der Waals surface area contributed by atoms with E-state index >= 15 is 0 Å². The smallest absolute Gasteiger partial charge is 0.116 e. The number of hydrogen-bond donors (Lipinski definition) is 1. The quantitative estimate of drug-likeness (QED) is 0.827. The number of halogens is 1. The van der Waals surface area contributed by atoms with Gasteiger partial charge in [-0.15, -0.1) is 0 Å². The second-order valence-electron chi connectivity index (χ2n) is 4.64. The lowest BCUT2D eigenvalue weighted by atomic mass is 9.89. The Balaban J connectivity index is 1.96. The molecule has 1 nitrogen and oxygen atoms in total. The standard InChI is InChI=1S/C14H20FN/c1-2-11-3-5-12(6-4-11)9-13-7-8-16-10-14(13)15/h3-6,13-14,16H,2,7-10H2,1H3. The summed E-state index contributed by atoms with van der Waals surface area (Å²) in [5.41, 5.74) is 2.62. The van der Waals surface area contributed by atoms with Gasteiger partial charge in [-0.25, -0.2) is 4.39 Å². The van der Waals surface area contributed by atoms with Crippen LogP contribution in [0, 0.1) is 5.92 Å². The van der Waals surface area contributed by atoms with Crippen molar-refractivity contribution in [3.05, 3.63) is 35.4 Å². The van der Waals surface area contributed by atoms with Crippen LogP contribution >= 0.6 is 0 Å². The van der Waals surface area contributed by atoms with Gasteiger partial charge in [-0.2, -0.15) is 0 Å². The highest BCUT2D eigenvalue weighted by atomic mass is 19.1. The number of alkyl halides is 1. The summed E-state index contributed by atoms with van der Waals surface area (Å²) in [5.74, 6) is 0.203. The molecule has 1 heterocycles. The summed E-state index contributed by atoms with van der Waals surface area (Å²) in [5, 5.41) is 3.09. The molecule has 1 aromatic rings. The molecule has 0 spiro atoms. The lowest BCUT2D eigenvalue weighted by molar-refractivity contribution is 0.179. The van der Waals surface area contributed by atoms with Crippen LogP contribution in [0.3, 0.4) is 0 Å². The van der Waals surface area contributed by atoms with Gasteiger partial charge in [-0.1, -0.05) is 31.2 Å². The highest BCUT2D eigenvalue weighted by molar-refractivity contribution is 5.23. The van der Waals surface area contributed by atoms with Crippen LogP contribution < -0.4 is 5.32 Å². The summed E-state index contributed by atoms with van der Waals surface area (Å²) < 4.78 is 13.6. The van der Waals surface area contributed by atoms with Gasteiger partial charge in [0.25, 0.3) is 0 Å². The first-order chi connectivity index (χ1) is 7.79. The second kappa shape index (κ2) is 5.44. The van der Waals surface area contributed by atoms with Crippen molar-refractivity contribution >= 4 is 0 Å². The van der Waals surface area contributed by atoms with Gasteiger partial charge in [0.1, 0.15) is 6.17 Å². The maximum atomic E-state index is 13.6. The van der Waals surface area contributed by atoms with Gasteiger partial charge in [-0.3, -0.25) is 0 Å². The fraction of sp³-hybridized carbons (Fsp3) is 0.571. The average molecular weight is 221 g/mol. The Morgan fingerprint density at radius 3 is 2.56 bits per heavy atom. The molecule has 0 aliphatic carbocycles. The number of nitrogens with one attached hydrogen (secondary N) is 1. The molecule has 1 aliphatic heterocycles. The summed E-state index contributed by atoms with van der Waals surface area (Å²) in [4.78, 5) is 0. The number of aryl methyl sites for hydroxylation is 1. The summed E-state index contributed by atoms with van der Waals surface area (Å²) in [7, 11) is 0. The van der Waals surface area contributed by atoms with E-state index in [1.807, 2.05) is 0 Å². The zero-order chi connectivity index (χ0) is 11.4. The highest BCUT2D eigenvalue weighted by Crippen LogP contribution is 2.21. The van der Waals surface area contributed by atoms with Crippen molar-refractivity contribution in [1.29, 1.82) is 0 Å². The minimum atomic E-state index is -0.681. The van der Waals surface area contributed by atoms with Gasteiger partial charge in [0.15, 0.2) is 0 Å². The fourth-order valence-corrected chi connectivity index (χ4v) is 2.32. The number of piperidine rings is 1. The van der Waals surface area contributed by atoms with Crippen molar-refractivity contribution in [2.24, 2.45) is 5.92 Å². The van der Waals surface area contributed by atoms with Crippen LogP contribution in [0.1, 0.15) is 24.5 Å². The van der Waals surface area contributed by atoms with Crippen LogP contribution in [-0.4, -0.2) is 19.3 Å². The van der Waals surface area contributed by atoms with E-state index in [9.17, 15) is 4.39 Å². The van der Waals surface area contributed by atoms with E-state index in [1.54, 1.807) is 0 Å². The second-order valence-corrected chi connectivity index (χ2v) is 4.64. The molecule has 0 aromatic heterocycles. The lowest BCUT2D eigenvalue weighted by Gasteiger charge is -2.26. The molecule has 0 bridgehead atoms. The zero-order valence-corrected chi connectivity index (χ0v) is 9.88. The third-order valence-electron chi connectivity index (χ3n) is 3.47. The van der Waals surface area contributed by atoms with Crippen LogP contribution in [0.2, 0.25) is 0 Å². The number of rotatable bonds is 3. The van der Waals surface area contributed by atoms with Crippen molar-refractivity contribution in [3.8, 4) is 0 Å².